The fourth-order valence-electron chi connectivity index (χ4n) is 3.40. The van der Waals surface area contributed by atoms with E-state index in [0.29, 0.717) is 23.7 Å². The van der Waals surface area contributed by atoms with E-state index in [1.54, 1.807) is 30.6 Å². The van der Waals surface area contributed by atoms with Crippen molar-refractivity contribution in [2.24, 2.45) is 0 Å². The minimum absolute atomic E-state index is 0.0243. The SMILES string of the molecule is Cc1oc(CN(C)C(=O)[C@H]2CS[C@]3(C)CCC(=O)N23)cc1C(=O)O. The van der Waals surface area contributed by atoms with Gasteiger partial charge in [-0.3, -0.25) is 9.59 Å². The lowest BCUT2D eigenvalue weighted by Crippen LogP contribution is -2.50. The Morgan fingerprint density at radius 3 is 2.88 bits per heavy atom. The molecule has 3 heterocycles. The van der Waals surface area contributed by atoms with Gasteiger partial charge in [0.15, 0.2) is 0 Å². The second kappa shape index (κ2) is 5.84. The number of carbonyl (C=O) groups is 3. The van der Waals surface area contributed by atoms with Crippen molar-refractivity contribution in [3.8, 4) is 0 Å². The van der Waals surface area contributed by atoms with Gasteiger partial charge >= 0.3 is 5.97 Å². The number of hydrogen-bond donors (Lipinski definition) is 1. The van der Waals surface area contributed by atoms with E-state index in [2.05, 4.69) is 0 Å². The Labute approximate surface area is 144 Å². The lowest BCUT2D eigenvalue weighted by molar-refractivity contribution is -0.143. The van der Waals surface area contributed by atoms with Crippen LogP contribution in [-0.2, 0) is 16.1 Å². The summed E-state index contributed by atoms with van der Waals surface area (Å²) in [6.07, 6.45) is 1.25. The second-order valence-electron chi connectivity index (χ2n) is 6.45. The van der Waals surface area contributed by atoms with Gasteiger partial charge in [-0.15, -0.1) is 11.8 Å². The van der Waals surface area contributed by atoms with E-state index < -0.39 is 12.0 Å². The fourth-order valence-corrected chi connectivity index (χ4v) is 4.83. The molecule has 1 N–H and O–H groups in total. The van der Waals surface area contributed by atoms with Crippen molar-refractivity contribution >= 4 is 29.5 Å². The van der Waals surface area contributed by atoms with Crippen molar-refractivity contribution in [2.75, 3.05) is 12.8 Å². The number of aromatic carboxylic acids is 1. The molecule has 8 heteroatoms. The van der Waals surface area contributed by atoms with E-state index in [9.17, 15) is 14.4 Å². The van der Waals surface area contributed by atoms with Crippen LogP contribution in [0.2, 0.25) is 0 Å². The Morgan fingerprint density at radius 1 is 1.54 bits per heavy atom. The van der Waals surface area contributed by atoms with E-state index in [1.165, 1.54) is 11.0 Å². The third-order valence-electron chi connectivity index (χ3n) is 4.70. The van der Waals surface area contributed by atoms with Gasteiger partial charge in [0.25, 0.3) is 0 Å². The number of carbonyl (C=O) groups excluding carboxylic acids is 2. The number of rotatable bonds is 4. The molecule has 2 amide bonds. The number of amides is 2. The molecule has 2 fully saturated rings. The first-order valence-electron chi connectivity index (χ1n) is 7.76. The average Bonchev–Trinajstić information content (AvgIpc) is 3.12. The third-order valence-corrected chi connectivity index (χ3v) is 6.20. The van der Waals surface area contributed by atoms with Gasteiger partial charge in [0.05, 0.1) is 11.4 Å². The summed E-state index contributed by atoms with van der Waals surface area (Å²) < 4.78 is 5.43. The zero-order chi connectivity index (χ0) is 17.6. The van der Waals surface area contributed by atoms with Crippen LogP contribution >= 0.6 is 11.8 Å². The second-order valence-corrected chi connectivity index (χ2v) is 7.95. The number of carboxylic acids is 1. The van der Waals surface area contributed by atoms with Crippen LogP contribution in [0.5, 0.6) is 0 Å². The van der Waals surface area contributed by atoms with Crippen LogP contribution in [0.15, 0.2) is 10.5 Å². The highest BCUT2D eigenvalue weighted by molar-refractivity contribution is 8.01. The Morgan fingerprint density at radius 2 is 2.25 bits per heavy atom. The van der Waals surface area contributed by atoms with Gasteiger partial charge in [-0.05, 0) is 26.3 Å². The van der Waals surface area contributed by atoms with E-state index in [-0.39, 0.29) is 28.8 Å². The minimum Gasteiger partial charge on any atom is -0.478 e. The molecular weight excluding hydrogens is 332 g/mol. The first kappa shape index (κ1) is 16.9. The Bertz CT molecular complexity index is 715. The first-order chi connectivity index (χ1) is 11.2. The predicted octanol–water partition coefficient (Wildman–Crippen LogP) is 1.70. The molecule has 2 aliphatic rings. The topological polar surface area (TPSA) is 91.1 Å². The normalized spacial score (nSPS) is 25.9. The molecular formula is C16H20N2O5S. The number of hydrogen-bond acceptors (Lipinski definition) is 5. The van der Waals surface area contributed by atoms with Crippen molar-refractivity contribution in [2.45, 2.75) is 44.1 Å². The molecule has 2 saturated heterocycles. The summed E-state index contributed by atoms with van der Waals surface area (Å²) in [7, 11) is 1.64. The molecule has 1 aromatic heterocycles. The molecule has 0 spiro atoms. The Kier molecular flexibility index (Phi) is 4.11. The predicted molar refractivity (Wildman–Crippen MR) is 87.6 cm³/mol. The standard InChI is InChI=1S/C16H20N2O5S/c1-9-11(15(21)22)6-10(23-9)7-17(3)14(20)12-8-24-16(2)5-4-13(19)18(12)16/h6,12H,4-5,7-8H2,1-3H3,(H,21,22)/t12-,16-/m1/s1. The van der Waals surface area contributed by atoms with Gasteiger partial charge in [-0.25, -0.2) is 4.79 Å². The monoisotopic (exact) mass is 352 g/mol. The molecule has 0 unspecified atom stereocenters. The van der Waals surface area contributed by atoms with Crippen molar-refractivity contribution in [3.63, 3.8) is 0 Å². The maximum absolute atomic E-state index is 12.8. The highest BCUT2D eigenvalue weighted by Gasteiger charge is 2.53. The molecule has 130 valence electrons. The summed E-state index contributed by atoms with van der Waals surface area (Å²) in [6, 6.07) is 0.977. The summed E-state index contributed by atoms with van der Waals surface area (Å²) in [6.45, 7) is 3.76. The van der Waals surface area contributed by atoms with Gasteiger partial charge in [0.2, 0.25) is 11.8 Å². The summed E-state index contributed by atoms with van der Waals surface area (Å²) in [4.78, 5) is 38.9. The van der Waals surface area contributed by atoms with Crippen molar-refractivity contribution in [1.29, 1.82) is 0 Å². The van der Waals surface area contributed by atoms with Crippen molar-refractivity contribution in [3.05, 3.63) is 23.2 Å². The maximum Gasteiger partial charge on any atom is 0.339 e. The van der Waals surface area contributed by atoms with E-state index in [0.717, 1.165) is 6.42 Å². The molecule has 0 saturated carbocycles. The van der Waals surface area contributed by atoms with Crippen LogP contribution in [0.1, 0.15) is 41.6 Å². The zero-order valence-electron chi connectivity index (χ0n) is 13.9. The fraction of sp³-hybridized carbons (Fsp3) is 0.562. The van der Waals surface area contributed by atoms with Crippen LogP contribution in [0, 0.1) is 6.92 Å². The third kappa shape index (κ3) is 2.68. The number of furan rings is 1. The molecule has 1 aromatic rings. The summed E-state index contributed by atoms with van der Waals surface area (Å²) in [5.41, 5.74) is 0.101. The number of carboxylic acid groups (broad SMARTS) is 1. The lowest BCUT2D eigenvalue weighted by Gasteiger charge is -2.31. The largest absolute Gasteiger partial charge is 0.478 e. The maximum atomic E-state index is 12.8. The number of likely N-dealkylation sites (N-methyl/N-ethyl adjacent to an activating group) is 1. The van der Waals surface area contributed by atoms with E-state index >= 15 is 0 Å². The number of fused-ring (bicyclic) bond motifs is 1. The lowest BCUT2D eigenvalue weighted by atomic mass is 10.2. The first-order valence-corrected chi connectivity index (χ1v) is 8.75. The Balaban J connectivity index is 1.72. The molecule has 7 nitrogen and oxygen atoms in total. The minimum atomic E-state index is -1.05. The smallest absolute Gasteiger partial charge is 0.339 e. The van der Waals surface area contributed by atoms with Crippen LogP contribution < -0.4 is 0 Å². The van der Waals surface area contributed by atoms with Gasteiger partial charge in [0.1, 0.15) is 23.1 Å². The van der Waals surface area contributed by atoms with Crippen LogP contribution in [0.25, 0.3) is 0 Å². The molecule has 2 aliphatic heterocycles. The van der Waals surface area contributed by atoms with Gasteiger partial charge in [-0.1, -0.05) is 0 Å². The molecule has 2 atom stereocenters. The zero-order valence-corrected chi connectivity index (χ0v) is 14.7. The average molecular weight is 352 g/mol. The van der Waals surface area contributed by atoms with Crippen LogP contribution in [0.4, 0.5) is 0 Å². The molecule has 0 bridgehead atoms. The van der Waals surface area contributed by atoms with E-state index in [4.69, 9.17) is 9.52 Å². The molecule has 0 aliphatic carbocycles. The highest BCUT2D eigenvalue weighted by atomic mass is 32.2. The van der Waals surface area contributed by atoms with Crippen molar-refractivity contribution in [1.82, 2.24) is 9.80 Å². The quantitative estimate of drug-likeness (QED) is 0.887. The van der Waals surface area contributed by atoms with Gasteiger partial charge < -0.3 is 19.3 Å². The van der Waals surface area contributed by atoms with Gasteiger partial charge in [0, 0.05) is 19.2 Å². The van der Waals surface area contributed by atoms with Crippen LogP contribution in [-0.4, -0.2) is 56.4 Å². The number of nitrogens with zero attached hydrogens (tertiary/aromatic N) is 2. The highest BCUT2D eigenvalue weighted by Crippen LogP contribution is 2.47. The van der Waals surface area contributed by atoms with Crippen molar-refractivity contribution < 1.29 is 23.9 Å². The molecule has 0 radical (unpaired) electrons. The summed E-state index contributed by atoms with van der Waals surface area (Å²) >= 11 is 1.65. The summed E-state index contributed by atoms with van der Waals surface area (Å²) in [5.74, 6) is 0.146. The molecule has 3 rings (SSSR count). The Hall–Kier alpha value is -1.96. The summed E-state index contributed by atoms with van der Waals surface area (Å²) in [5, 5.41) is 9.07. The van der Waals surface area contributed by atoms with Gasteiger partial charge in [-0.2, -0.15) is 0 Å². The molecule has 24 heavy (non-hydrogen) atoms. The molecule has 0 aromatic carbocycles. The van der Waals surface area contributed by atoms with Crippen LogP contribution in [0.3, 0.4) is 0 Å². The number of thioether (sulfide) groups is 1. The number of aryl methyl sites for hydroxylation is 1. The van der Waals surface area contributed by atoms with E-state index in [1.807, 2.05) is 6.92 Å².